The Hall–Kier alpha value is -2.01. The molecule has 90 valence electrons. The second-order valence-electron chi connectivity index (χ2n) is 2.96. The van der Waals surface area contributed by atoms with Crippen LogP contribution in [0.2, 0.25) is 0 Å². The molecule has 1 aromatic rings. The Kier molecular flexibility index (Phi) is 3.43. The van der Waals surface area contributed by atoms with E-state index in [0.717, 1.165) is 0 Å². The summed E-state index contributed by atoms with van der Waals surface area (Å²) in [4.78, 5) is 9.54. The van der Waals surface area contributed by atoms with Gasteiger partial charge in [0.25, 0.3) is 0 Å². The van der Waals surface area contributed by atoms with Crippen LogP contribution in [0.4, 0.5) is 8.78 Å². The molecular formula is C9H5F2NO4S. The number of halogens is 2. The molecule has 17 heavy (non-hydrogen) atoms. The van der Waals surface area contributed by atoms with E-state index in [9.17, 15) is 22.0 Å². The number of sulfone groups is 1. The van der Waals surface area contributed by atoms with Gasteiger partial charge in [-0.15, -0.1) is 0 Å². The van der Waals surface area contributed by atoms with Crippen molar-refractivity contribution >= 4 is 15.8 Å². The third-order valence-corrected chi connectivity index (χ3v) is 3.35. The Morgan fingerprint density at radius 2 is 2.00 bits per heavy atom. The lowest BCUT2D eigenvalue weighted by Crippen LogP contribution is -2.13. The fourth-order valence-corrected chi connectivity index (χ4v) is 2.11. The number of carboxylic acid groups (broad SMARTS) is 1. The predicted molar refractivity (Wildman–Crippen MR) is 51.0 cm³/mol. The summed E-state index contributed by atoms with van der Waals surface area (Å²) < 4.78 is 49.2. The summed E-state index contributed by atoms with van der Waals surface area (Å²) in [6.45, 7) is 0. The Balaban J connectivity index is 3.56. The summed E-state index contributed by atoms with van der Waals surface area (Å²) in [6.07, 6.45) is 0. The van der Waals surface area contributed by atoms with E-state index in [-0.39, 0.29) is 0 Å². The highest BCUT2D eigenvalue weighted by molar-refractivity contribution is 7.91. The van der Waals surface area contributed by atoms with E-state index in [2.05, 4.69) is 0 Å². The molecule has 1 rings (SSSR count). The van der Waals surface area contributed by atoms with Gasteiger partial charge in [-0.25, -0.2) is 22.0 Å². The molecule has 0 aromatic heterocycles. The lowest BCUT2D eigenvalue weighted by atomic mass is 10.2. The van der Waals surface area contributed by atoms with Crippen LogP contribution in [0.15, 0.2) is 17.0 Å². The largest absolute Gasteiger partial charge is 0.477 e. The number of carboxylic acids is 1. The average Bonchev–Trinajstić information content (AvgIpc) is 2.15. The number of nitrogens with zero attached hydrogens (tertiary/aromatic N) is 1. The number of rotatable bonds is 3. The first-order valence-corrected chi connectivity index (χ1v) is 5.77. The summed E-state index contributed by atoms with van der Waals surface area (Å²) in [5.41, 5.74) is -1.36. The number of hydrogen-bond donors (Lipinski definition) is 1. The zero-order valence-corrected chi connectivity index (χ0v) is 8.96. The van der Waals surface area contributed by atoms with Gasteiger partial charge in [0, 0.05) is 0 Å². The van der Waals surface area contributed by atoms with Gasteiger partial charge in [-0.1, -0.05) is 0 Å². The lowest BCUT2D eigenvalue weighted by Gasteiger charge is -2.05. The number of aromatic carboxylic acids is 1. The minimum atomic E-state index is -4.28. The number of benzene rings is 1. The smallest absolute Gasteiger partial charge is 0.341 e. The molecule has 1 N–H and O–H groups in total. The van der Waals surface area contributed by atoms with Crippen molar-refractivity contribution in [2.75, 3.05) is 5.75 Å². The molecule has 0 bridgehead atoms. The monoisotopic (exact) mass is 261 g/mol. The van der Waals surface area contributed by atoms with Gasteiger partial charge in [-0.3, -0.25) is 0 Å². The molecule has 5 nitrogen and oxygen atoms in total. The highest BCUT2D eigenvalue weighted by Gasteiger charge is 2.26. The zero-order chi connectivity index (χ0) is 13.2. The molecule has 0 saturated carbocycles. The van der Waals surface area contributed by atoms with Crippen molar-refractivity contribution in [1.82, 2.24) is 0 Å². The maximum atomic E-state index is 13.5. The molecule has 0 atom stereocenters. The molecule has 0 fully saturated rings. The van der Waals surface area contributed by atoms with E-state index in [1.165, 1.54) is 6.07 Å². The summed E-state index contributed by atoms with van der Waals surface area (Å²) >= 11 is 0. The van der Waals surface area contributed by atoms with Crippen LogP contribution < -0.4 is 0 Å². The van der Waals surface area contributed by atoms with Crippen molar-refractivity contribution in [1.29, 1.82) is 5.26 Å². The van der Waals surface area contributed by atoms with Crippen LogP contribution in [0.3, 0.4) is 0 Å². The maximum absolute atomic E-state index is 13.5. The molecule has 0 aliphatic rings. The van der Waals surface area contributed by atoms with Crippen molar-refractivity contribution in [2.45, 2.75) is 4.90 Å². The SMILES string of the molecule is N#CCS(=O)(=O)c1ccc(F)c(C(=O)O)c1F. The minimum Gasteiger partial charge on any atom is -0.477 e. The van der Waals surface area contributed by atoms with Crippen LogP contribution in [0, 0.1) is 23.0 Å². The third kappa shape index (κ3) is 2.39. The highest BCUT2D eigenvalue weighted by Crippen LogP contribution is 2.21. The highest BCUT2D eigenvalue weighted by atomic mass is 32.2. The Labute approximate surface area is 94.8 Å². The molecule has 0 spiro atoms. The van der Waals surface area contributed by atoms with Gasteiger partial charge in [-0.05, 0) is 12.1 Å². The summed E-state index contributed by atoms with van der Waals surface area (Å²) in [7, 11) is -4.28. The molecule has 0 heterocycles. The van der Waals surface area contributed by atoms with E-state index < -0.39 is 43.7 Å². The summed E-state index contributed by atoms with van der Waals surface area (Å²) in [5.74, 6) is -6.03. The van der Waals surface area contributed by atoms with Gasteiger partial charge < -0.3 is 5.11 Å². The minimum absolute atomic E-state index is 0.525. The van der Waals surface area contributed by atoms with E-state index >= 15 is 0 Å². The maximum Gasteiger partial charge on any atom is 0.341 e. The molecule has 8 heteroatoms. The number of nitriles is 1. The molecule has 0 aliphatic carbocycles. The van der Waals surface area contributed by atoms with Gasteiger partial charge in [-0.2, -0.15) is 5.26 Å². The van der Waals surface area contributed by atoms with Gasteiger partial charge in [0.15, 0.2) is 15.7 Å². The van der Waals surface area contributed by atoms with Crippen LogP contribution in [-0.2, 0) is 9.84 Å². The average molecular weight is 261 g/mol. The van der Waals surface area contributed by atoms with Crippen molar-refractivity contribution in [3.05, 3.63) is 29.3 Å². The lowest BCUT2D eigenvalue weighted by molar-refractivity contribution is 0.0685. The topological polar surface area (TPSA) is 95.2 Å². The summed E-state index contributed by atoms with van der Waals surface area (Å²) in [6, 6.07) is 2.41. The van der Waals surface area contributed by atoms with Gasteiger partial charge >= 0.3 is 5.97 Å². The third-order valence-electron chi connectivity index (χ3n) is 1.86. The van der Waals surface area contributed by atoms with Gasteiger partial charge in [0.1, 0.15) is 22.0 Å². The van der Waals surface area contributed by atoms with Gasteiger partial charge in [0.05, 0.1) is 6.07 Å². The Bertz CT molecular complexity index is 619. The molecule has 0 amide bonds. The van der Waals surface area contributed by atoms with Crippen molar-refractivity contribution in [3.8, 4) is 6.07 Å². The first-order chi connectivity index (χ1) is 7.81. The molecular weight excluding hydrogens is 256 g/mol. The van der Waals surface area contributed by atoms with Crippen molar-refractivity contribution < 1.29 is 27.1 Å². The van der Waals surface area contributed by atoms with Crippen LogP contribution in [0.5, 0.6) is 0 Å². The second-order valence-corrected chi connectivity index (χ2v) is 4.91. The first-order valence-electron chi connectivity index (χ1n) is 4.12. The van der Waals surface area contributed by atoms with E-state index in [4.69, 9.17) is 10.4 Å². The van der Waals surface area contributed by atoms with Crippen LogP contribution in [-0.4, -0.2) is 25.2 Å². The van der Waals surface area contributed by atoms with Crippen molar-refractivity contribution in [3.63, 3.8) is 0 Å². The molecule has 0 unspecified atom stereocenters. The zero-order valence-electron chi connectivity index (χ0n) is 8.15. The van der Waals surface area contributed by atoms with E-state index in [0.29, 0.717) is 12.1 Å². The fourth-order valence-electron chi connectivity index (χ4n) is 1.13. The van der Waals surface area contributed by atoms with Crippen LogP contribution >= 0.6 is 0 Å². The van der Waals surface area contributed by atoms with Crippen LogP contribution in [0.25, 0.3) is 0 Å². The quantitative estimate of drug-likeness (QED) is 0.817. The second kappa shape index (κ2) is 4.47. The van der Waals surface area contributed by atoms with Gasteiger partial charge in [0.2, 0.25) is 0 Å². The first kappa shape index (κ1) is 13.1. The molecule has 1 aromatic carbocycles. The van der Waals surface area contributed by atoms with E-state index in [1.807, 2.05) is 0 Å². The Morgan fingerprint density at radius 1 is 1.41 bits per heavy atom. The van der Waals surface area contributed by atoms with E-state index in [1.54, 1.807) is 0 Å². The normalized spacial score (nSPS) is 10.9. The fraction of sp³-hybridized carbons (Fsp3) is 0.111. The number of hydrogen-bond acceptors (Lipinski definition) is 4. The number of carbonyl (C=O) groups is 1. The molecule has 0 radical (unpaired) electrons. The Morgan fingerprint density at radius 3 is 2.47 bits per heavy atom. The molecule has 0 aliphatic heterocycles. The van der Waals surface area contributed by atoms with Crippen molar-refractivity contribution in [2.24, 2.45) is 0 Å². The predicted octanol–water partition coefficient (Wildman–Crippen LogP) is 0.960. The molecule has 0 saturated heterocycles. The summed E-state index contributed by atoms with van der Waals surface area (Å²) in [5, 5.41) is 16.8. The van der Waals surface area contributed by atoms with Crippen LogP contribution in [0.1, 0.15) is 10.4 Å². The standard InChI is InChI=1S/C9H5F2NO4S/c10-5-1-2-6(17(15,16)4-3-12)8(11)7(5)9(13)14/h1-2H,4H2,(H,13,14).